The second-order valence-corrected chi connectivity index (χ2v) is 7.50. The van der Waals surface area contributed by atoms with Gasteiger partial charge in [0.25, 0.3) is 11.5 Å². The number of anilines is 1. The van der Waals surface area contributed by atoms with Gasteiger partial charge >= 0.3 is 0 Å². The Kier molecular flexibility index (Phi) is 5.09. The molecule has 1 aliphatic rings. The van der Waals surface area contributed by atoms with Crippen LogP contribution >= 0.6 is 11.6 Å². The molecule has 1 amide bonds. The molecule has 1 aliphatic heterocycles. The first-order valence-corrected chi connectivity index (χ1v) is 9.93. The van der Waals surface area contributed by atoms with E-state index < -0.39 is 0 Å². The summed E-state index contributed by atoms with van der Waals surface area (Å²) in [5.41, 5.74) is 2.76. The molecule has 6 heteroatoms. The monoisotopic (exact) mass is 395 g/mol. The van der Waals surface area contributed by atoms with E-state index in [1.165, 1.54) is 0 Å². The van der Waals surface area contributed by atoms with E-state index in [0.29, 0.717) is 29.2 Å². The number of benzene rings is 2. The van der Waals surface area contributed by atoms with Gasteiger partial charge in [-0.3, -0.25) is 9.59 Å². The first-order valence-electron chi connectivity index (χ1n) is 9.55. The molecule has 144 valence electrons. The number of carbonyl (C=O) groups excluding carboxylic acids is 1. The number of unbranched alkanes of at least 4 members (excludes halogenated alkanes) is 1. The van der Waals surface area contributed by atoms with E-state index in [1.54, 1.807) is 10.6 Å². The summed E-state index contributed by atoms with van der Waals surface area (Å²) in [5, 5.41) is 7.88. The van der Waals surface area contributed by atoms with Crippen LogP contribution in [0.1, 0.15) is 41.7 Å². The third kappa shape index (κ3) is 3.38. The number of pyridine rings is 1. The molecule has 4 rings (SSSR count). The lowest BCUT2D eigenvalue weighted by molar-refractivity contribution is 0.0955. The zero-order valence-electron chi connectivity index (χ0n) is 15.7. The molecule has 3 aromatic rings. The fourth-order valence-electron chi connectivity index (χ4n) is 3.68. The number of hydrogen-bond donors (Lipinski definition) is 2. The minimum atomic E-state index is -0.312. The van der Waals surface area contributed by atoms with Gasteiger partial charge in [0, 0.05) is 29.4 Å². The minimum absolute atomic E-state index is 0.0469. The van der Waals surface area contributed by atoms with Crippen molar-refractivity contribution < 1.29 is 4.79 Å². The molecular weight excluding hydrogens is 374 g/mol. The number of carbonyl (C=O) groups is 1. The molecule has 0 saturated heterocycles. The van der Waals surface area contributed by atoms with Gasteiger partial charge in [0.05, 0.1) is 17.1 Å². The summed E-state index contributed by atoms with van der Waals surface area (Å²) < 4.78 is 1.81. The van der Waals surface area contributed by atoms with E-state index in [9.17, 15) is 9.59 Å². The van der Waals surface area contributed by atoms with Gasteiger partial charge in [-0.15, -0.1) is 0 Å². The van der Waals surface area contributed by atoms with Crippen molar-refractivity contribution in [3.8, 4) is 0 Å². The second-order valence-electron chi connectivity index (χ2n) is 7.07. The summed E-state index contributed by atoms with van der Waals surface area (Å²) in [6.07, 6.45) is 1.90. The minimum Gasteiger partial charge on any atom is -0.376 e. The van der Waals surface area contributed by atoms with Crippen LogP contribution in [-0.2, 0) is 6.54 Å². The van der Waals surface area contributed by atoms with Crippen molar-refractivity contribution in [1.29, 1.82) is 0 Å². The average Bonchev–Trinajstić information content (AvgIpc) is 2.86. The van der Waals surface area contributed by atoms with E-state index in [0.717, 1.165) is 29.4 Å². The van der Waals surface area contributed by atoms with Crippen molar-refractivity contribution in [2.75, 3.05) is 11.9 Å². The van der Waals surface area contributed by atoms with Crippen LogP contribution in [0.5, 0.6) is 0 Å². The Morgan fingerprint density at radius 3 is 2.79 bits per heavy atom. The third-order valence-corrected chi connectivity index (χ3v) is 5.40. The molecule has 1 unspecified atom stereocenters. The van der Waals surface area contributed by atoms with Crippen LogP contribution in [0, 0.1) is 0 Å². The number of halogens is 1. The number of aryl methyl sites for hydroxylation is 1. The Hall–Kier alpha value is -2.79. The summed E-state index contributed by atoms with van der Waals surface area (Å²) in [6, 6.07) is 14.6. The lowest BCUT2D eigenvalue weighted by atomic mass is 10.0. The van der Waals surface area contributed by atoms with Gasteiger partial charge in [0.15, 0.2) is 0 Å². The highest BCUT2D eigenvalue weighted by atomic mass is 35.5. The fraction of sp³-hybridized carbons (Fsp3) is 0.273. The van der Waals surface area contributed by atoms with Crippen molar-refractivity contribution in [3.63, 3.8) is 0 Å². The molecule has 2 N–H and O–H groups in total. The van der Waals surface area contributed by atoms with Crippen LogP contribution < -0.4 is 16.2 Å². The number of hydrogen-bond acceptors (Lipinski definition) is 3. The van der Waals surface area contributed by atoms with Crippen molar-refractivity contribution in [2.45, 2.75) is 32.4 Å². The van der Waals surface area contributed by atoms with Crippen molar-refractivity contribution >= 4 is 34.1 Å². The second kappa shape index (κ2) is 7.68. The normalized spacial score (nSPS) is 16.2. The van der Waals surface area contributed by atoms with E-state index in [1.807, 2.05) is 42.5 Å². The van der Waals surface area contributed by atoms with Gasteiger partial charge in [-0.2, -0.15) is 0 Å². The number of nitrogens with zero attached hydrogens (tertiary/aromatic N) is 1. The van der Waals surface area contributed by atoms with Crippen LogP contribution in [0.4, 0.5) is 5.69 Å². The van der Waals surface area contributed by atoms with Gasteiger partial charge < -0.3 is 15.2 Å². The Labute approximate surface area is 168 Å². The van der Waals surface area contributed by atoms with Crippen molar-refractivity contribution in [3.05, 3.63) is 75.0 Å². The number of fused-ring (bicyclic) bond motifs is 2. The molecule has 2 heterocycles. The zero-order chi connectivity index (χ0) is 19.7. The zero-order valence-corrected chi connectivity index (χ0v) is 16.4. The maximum Gasteiger partial charge on any atom is 0.256 e. The lowest BCUT2D eigenvalue weighted by Gasteiger charge is -2.20. The molecule has 0 radical (unpaired) electrons. The first-order chi connectivity index (χ1) is 13.6. The molecule has 1 atom stereocenters. The van der Waals surface area contributed by atoms with E-state index in [4.69, 9.17) is 11.6 Å². The molecule has 2 aromatic carbocycles. The Morgan fingerprint density at radius 1 is 1.14 bits per heavy atom. The van der Waals surface area contributed by atoms with Crippen LogP contribution in [0.15, 0.2) is 53.3 Å². The number of nitrogens with one attached hydrogen (secondary N) is 2. The number of para-hydroxylation sites is 1. The van der Waals surface area contributed by atoms with Gasteiger partial charge in [-0.05, 0) is 42.1 Å². The molecule has 0 fully saturated rings. The van der Waals surface area contributed by atoms with Gasteiger partial charge in [-0.25, -0.2) is 0 Å². The summed E-state index contributed by atoms with van der Waals surface area (Å²) in [6.45, 7) is 3.08. The van der Waals surface area contributed by atoms with E-state index >= 15 is 0 Å². The summed E-state index contributed by atoms with van der Waals surface area (Å²) in [5.74, 6) is -0.135. The highest BCUT2D eigenvalue weighted by Gasteiger charge is 2.24. The van der Waals surface area contributed by atoms with Crippen molar-refractivity contribution in [1.82, 2.24) is 9.88 Å². The summed E-state index contributed by atoms with van der Waals surface area (Å²) >= 11 is 6.18. The summed E-state index contributed by atoms with van der Waals surface area (Å²) in [4.78, 5) is 25.7. The first kappa shape index (κ1) is 18.6. The molecular formula is C22H22ClN3O2. The van der Waals surface area contributed by atoms with Crippen LogP contribution in [-0.4, -0.2) is 17.0 Å². The maximum atomic E-state index is 13.4. The Morgan fingerprint density at radius 2 is 1.96 bits per heavy atom. The molecule has 0 saturated carbocycles. The van der Waals surface area contributed by atoms with E-state index in [2.05, 4.69) is 17.6 Å². The van der Waals surface area contributed by atoms with Crippen LogP contribution in [0.2, 0.25) is 5.02 Å². The lowest BCUT2D eigenvalue weighted by Crippen LogP contribution is -2.33. The Balaban J connectivity index is 1.85. The van der Waals surface area contributed by atoms with Crippen LogP contribution in [0.25, 0.3) is 10.9 Å². The SMILES string of the molecule is CCCCn1c(=O)c(C2CNC(=O)c3ccccc3N2)cc2ccc(Cl)cc21. The smallest absolute Gasteiger partial charge is 0.256 e. The quantitative estimate of drug-likeness (QED) is 0.690. The van der Waals surface area contributed by atoms with Gasteiger partial charge in [-0.1, -0.05) is 43.1 Å². The predicted octanol–water partition coefficient (Wildman–Crippen LogP) is 4.35. The maximum absolute atomic E-state index is 13.4. The largest absolute Gasteiger partial charge is 0.376 e. The molecule has 5 nitrogen and oxygen atoms in total. The molecule has 0 aliphatic carbocycles. The standard InChI is InChI=1S/C22H22ClN3O2/c1-2-3-10-26-20-12-15(23)9-8-14(20)11-17(22(26)28)19-13-24-21(27)16-6-4-5-7-18(16)25-19/h4-9,11-12,19,25H,2-3,10,13H2,1H3,(H,24,27). The molecule has 0 spiro atoms. The molecule has 0 bridgehead atoms. The highest BCUT2D eigenvalue weighted by molar-refractivity contribution is 6.31. The summed E-state index contributed by atoms with van der Waals surface area (Å²) in [7, 11) is 0. The fourth-order valence-corrected chi connectivity index (χ4v) is 3.84. The number of amides is 1. The van der Waals surface area contributed by atoms with Gasteiger partial charge in [0.1, 0.15) is 0 Å². The van der Waals surface area contributed by atoms with Crippen LogP contribution in [0.3, 0.4) is 0 Å². The average molecular weight is 396 g/mol. The third-order valence-electron chi connectivity index (χ3n) is 5.17. The van der Waals surface area contributed by atoms with Crippen molar-refractivity contribution in [2.24, 2.45) is 0 Å². The number of aromatic nitrogens is 1. The number of rotatable bonds is 4. The highest BCUT2D eigenvalue weighted by Crippen LogP contribution is 2.26. The topological polar surface area (TPSA) is 63.1 Å². The van der Waals surface area contributed by atoms with Gasteiger partial charge in [0.2, 0.25) is 0 Å². The van der Waals surface area contributed by atoms with E-state index in [-0.39, 0.29) is 17.5 Å². The Bertz CT molecular complexity index is 1110. The molecule has 28 heavy (non-hydrogen) atoms. The molecule has 1 aromatic heterocycles. The predicted molar refractivity (Wildman–Crippen MR) is 113 cm³/mol.